The Morgan fingerprint density at radius 2 is 1.40 bits per heavy atom. The van der Waals surface area contributed by atoms with Crippen LogP contribution in [-0.4, -0.2) is 24.6 Å². The molecule has 3 aromatic carbocycles. The Bertz CT molecular complexity index is 2110. The van der Waals surface area contributed by atoms with E-state index in [1.165, 1.54) is 11.1 Å². The molecule has 1 N–H and O–H groups in total. The molecule has 0 amide bonds. The Balaban J connectivity index is 0.00000386. The smallest absolute Gasteiger partial charge is 0.125 e. The number of para-hydroxylation sites is 1. The van der Waals surface area contributed by atoms with Crippen LogP contribution in [0.25, 0.3) is 50.5 Å². The van der Waals surface area contributed by atoms with Gasteiger partial charge < -0.3 is 9.67 Å². The van der Waals surface area contributed by atoms with E-state index in [0.29, 0.717) is 11.8 Å². The summed E-state index contributed by atoms with van der Waals surface area (Å²) < 4.78 is 2.27. The summed E-state index contributed by atoms with van der Waals surface area (Å²) in [4.78, 5) is 15.0. The van der Waals surface area contributed by atoms with E-state index in [1.807, 2.05) is 12.3 Å². The van der Waals surface area contributed by atoms with Gasteiger partial charge in [0.05, 0.1) is 22.9 Å². The van der Waals surface area contributed by atoms with Crippen molar-refractivity contribution in [2.75, 3.05) is 0 Å². The first-order valence-corrected chi connectivity index (χ1v) is 16.2. The molecule has 1 aliphatic rings. The number of benzene rings is 3. The number of hydrogen-bond donors (Lipinski definition) is 1. The van der Waals surface area contributed by atoms with Crippen molar-refractivity contribution in [1.82, 2.24) is 19.5 Å². The molecule has 0 bridgehead atoms. The van der Waals surface area contributed by atoms with Crippen LogP contribution in [-0.2, 0) is 31.9 Å². The number of imidazole rings is 1. The molecule has 5 nitrogen and oxygen atoms in total. The molecule has 3 heterocycles. The van der Waals surface area contributed by atoms with Crippen LogP contribution in [0.1, 0.15) is 89.5 Å². The molecule has 0 fully saturated rings. The zero-order valence-corrected chi connectivity index (χ0v) is 30.6. The van der Waals surface area contributed by atoms with Gasteiger partial charge in [-0.25, -0.2) is 9.97 Å². The number of hydrogen-bond acceptors (Lipinski definition) is 4. The van der Waals surface area contributed by atoms with Gasteiger partial charge in [-0.1, -0.05) is 103 Å². The van der Waals surface area contributed by atoms with Crippen LogP contribution in [0.3, 0.4) is 0 Å². The number of rotatable bonds is 5. The van der Waals surface area contributed by atoms with Crippen molar-refractivity contribution < 1.29 is 26.2 Å². The summed E-state index contributed by atoms with van der Waals surface area (Å²) in [6, 6.07) is 26.4. The first-order valence-electron chi connectivity index (χ1n) is 16.2. The molecule has 6 heteroatoms. The third-order valence-electron chi connectivity index (χ3n) is 10.5. The Kier molecular flexibility index (Phi) is 8.29. The molecule has 1 aliphatic carbocycles. The Morgan fingerprint density at radius 3 is 2.11 bits per heavy atom. The van der Waals surface area contributed by atoms with Crippen LogP contribution in [0.5, 0.6) is 5.75 Å². The first-order chi connectivity index (χ1) is 21.9. The number of nitrogens with zero attached hydrogens (tertiary/aromatic N) is 4. The standard InChI is InChI=1S/C41H41N4O.Pt/c1-24(2)27-13-10-14-28(25(3)4)38(27)45-23-34(44-39(45)30-15-9-12-26-22-42-21-20-29(26)30)33-19-18-32-37(43-33)36-31(16-11-17-35(36)46)40(5,6)41(32,7)8;/h9-19,21-25,46H,1-8H3;/q-1;. The maximum absolute atomic E-state index is 11.2. The second-order valence-electron chi connectivity index (χ2n) is 14.3. The average molecular weight is 801 g/mol. The van der Waals surface area contributed by atoms with Gasteiger partial charge in [0.1, 0.15) is 11.4 Å². The Hall–Kier alpha value is -4.08. The molecule has 6 aromatic rings. The summed E-state index contributed by atoms with van der Waals surface area (Å²) in [6.07, 6.45) is 5.74. The summed E-state index contributed by atoms with van der Waals surface area (Å²) >= 11 is 0. The fourth-order valence-corrected chi connectivity index (χ4v) is 7.18. The Labute approximate surface area is 292 Å². The molecule has 0 spiro atoms. The zero-order chi connectivity index (χ0) is 32.5. The number of phenols is 1. The molecule has 7 rings (SSSR count). The van der Waals surface area contributed by atoms with Crippen molar-refractivity contribution in [3.63, 3.8) is 0 Å². The molecule has 0 aliphatic heterocycles. The summed E-state index contributed by atoms with van der Waals surface area (Å²) in [7, 11) is 0. The maximum atomic E-state index is 11.2. The third-order valence-corrected chi connectivity index (χ3v) is 10.5. The molecular formula is C41H41N4OPt-. The molecule has 47 heavy (non-hydrogen) atoms. The van der Waals surface area contributed by atoms with Crippen LogP contribution in [0.15, 0.2) is 85.3 Å². The van der Waals surface area contributed by atoms with Crippen molar-refractivity contribution >= 4 is 10.8 Å². The van der Waals surface area contributed by atoms with E-state index in [9.17, 15) is 5.11 Å². The van der Waals surface area contributed by atoms with E-state index >= 15 is 0 Å². The molecule has 0 radical (unpaired) electrons. The predicted octanol–water partition coefficient (Wildman–Crippen LogP) is 10.1. The molecule has 0 unspecified atom stereocenters. The largest absolute Gasteiger partial charge is 0.507 e. The normalized spacial score (nSPS) is 14.6. The number of aromatic hydroxyl groups is 1. The van der Waals surface area contributed by atoms with Crippen molar-refractivity contribution in [1.29, 1.82) is 0 Å². The monoisotopic (exact) mass is 800 g/mol. The van der Waals surface area contributed by atoms with Gasteiger partial charge in [-0.2, -0.15) is 11.5 Å². The van der Waals surface area contributed by atoms with Crippen molar-refractivity contribution in [2.24, 2.45) is 0 Å². The molecule has 0 atom stereocenters. The SMILES string of the molecule is CC(C)c1cccc(C(C)C)c1-n1cc(-c2ccc3c(n2)-c2c(O)cccc2C(C)(C)C3(C)C)nc1-c1cccc2cnc[c-]c12.[Pt]. The second kappa shape index (κ2) is 11.9. The maximum Gasteiger partial charge on any atom is 0.125 e. The van der Waals surface area contributed by atoms with Gasteiger partial charge >= 0.3 is 0 Å². The average Bonchev–Trinajstić information content (AvgIpc) is 3.48. The van der Waals surface area contributed by atoms with E-state index in [4.69, 9.17) is 9.97 Å². The zero-order valence-electron chi connectivity index (χ0n) is 28.3. The minimum Gasteiger partial charge on any atom is -0.507 e. The topological polar surface area (TPSA) is 63.8 Å². The van der Waals surface area contributed by atoms with Crippen LogP contribution in [0.4, 0.5) is 0 Å². The predicted molar refractivity (Wildman–Crippen MR) is 188 cm³/mol. The second-order valence-corrected chi connectivity index (χ2v) is 14.3. The van der Waals surface area contributed by atoms with Gasteiger partial charge in [-0.15, -0.1) is 17.5 Å². The summed E-state index contributed by atoms with van der Waals surface area (Å²) in [6.45, 7) is 18.0. The third kappa shape index (κ3) is 5.06. The van der Waals surface area contributed by atoms with Crippen molar-refractivity contribution in [2.45, 2.75) is 78.1 Å². The van der Waals surface area contributed by atoms with Gasteiger partial charge in [0.25, 0.3) is 0 Å². The van der Waals surface area contributed by atoms with E-state index in [0.717, 1.165) is 61.6 Å². The summed E-state index contributed by atoms with van der Waals surface area (Å²) in [5, 5.41) is 13.2. The van der Waals surface area contributed by atoms with Crippen LogP contribution in [0.2, 0.25) is 0 Å². The van der Waals surface area contributed by atoms with Crippen LogP contribution < -0.4 is 0 Å². The van der Waals surface area contributed by atoms with Gasteiger partial charge in [-0.3, -0.25) is 4.98 Å². The molecule has 242 valence electrons. The van der Waals surface area contributed by atoms with Gasteiger partial charge in [0.15, 0.2) is 0 Å². The Morgan fingerprint density at radius 1 is 0.745 bits per heavy atom. The number of pyridine rings is 2. The van der Waals surface area contributed by atoms with Crippen LogP contribution in [0, 0.1) is 6.07 Å². The van der Waals surface area contributed by atoms with Gasteiger partial charge in [0, 0.05) is 38.2 Å². The van der Waals surface area contributed by atoms with E-state index in [2.05, 4.69) is 132 Å². The van der Waals surface area contributed by atoms with E-state index < -0.39 is 0 Å². The fourth-order valence-electron chi connectivity index (χ4n) is 7.18. The summed E-state index contributed by atoms with van der Waals surface area (Å²) in [5.41, 5.74) is 9.67. The minimum absolute atomic E-state index is 0. The number of aromatic nitrogens is 4. The van der Waals surface area contributed by atoms with Gasteiger partial charge in [-0.05, 0) is 64.0 Å². The summed E-state index contributed by atoms with van der Waals surface area (Å²) in [5.74, 6) is 1.71. The first kappa shape index (κ1) is 32.8. The van der Waals surface area contributed by atoms with E-state index in [1.54, 1.807) is 12.3 Å². The molecule has 3 aromatic heterocycles. The fraction of sp³-hybridized carbons (Fsp3) is 0.293. The van der Waals surface area contributed by atoms with Crippen molar-refractivity contribution in [3.05, 3.63) is 114 Å². The minimum atomic E-state index is -0.214. The number of phenolic OH excluding ortho intramolecular Hbond substituents is 1. The number of fused-ring (bicyclic) bond motifs is 4. The quantitative estimate of drug-likeness (QED) is 0.177. The molecular weight excluding hydrogens is 760 g/mol. The van der Waals surface area contributed by atoms with Gasteiger partial charge in [0.2, 0.25) is 0 Å². The van der Waals surface area contributed by atoms with E-state index in [-0.39, 0.29) is 37.6 Å². The van der Waals surface area contributed by atoms with Crippen LogP contribution >= 0.6 is 0 Å². The molecule has 0 saturated carbocycles. The van der Waals surface area contributed by atoms with Crippen molar-refractivity contribution in [3.8, 4) is 45.5 Å². The molecule has 0 saturated heterocycles.